The van der Waals surface area contributed by atoms with Gasteiger partial charge in [0, 0.05) is 5.02 Å². The van der Waals surface area contributed by atoms with Gasteiger partial charge < -0.3 is 9.84 Å². The Morgan fingerprint density at radius 1 is 1.22 bits per heavy atom. The molecule has 0 aromatic heterocycles. The molecule has 0 aliphatic heterocycles. The molecule has 0 aliphatic rings. The first-order valence-corrected chi connectivity index (χ1v) is 5.85. The van der Waals surface area contributed by atoms with Gasteiger partial charge in [-0.3, -0.25) is 0 Å². The van der Waals surface area contributed by atoms with Gasteiger partial charge in [0.2, 0.25) is 0 Å². The van der Waals surface area contributed by atoms with Crippen LogP contribution < -0.4 is 4.74 Å². The normalized spacial score (nSPS) is 12.2. The summed E-state index contributed by atoms with van der Waals surface area (Å²) in [6, 6.07) is 11.2. The van der Waals surface area contributed by atoms with Crippen molar-refractivity contribution in [2.75, 3.05) is 0 Å². The van der Waals surface area contributed by atoms with Crippen molar-refractivity contribution in [2.24, 2.45) is 0 Å². The van der Waals surface area contributed by atoms with Crippen molar-refractivity contribution < 1.29 is 14.2 Å². The number of aliphatic hydroxyl groups excluding tert-OH is 1. The molecule has 2 aromatic carbocycles. The van der Waals surface area contributed by atoms with Crippen LogP contribution in [0.15, 0.2) is 42.5 Å². The molecule has 0 saturated heterocycles. The molecular weight excluding hydrogens is 255 g/mol. The lowest BCUT2D eigenvalue weighted by atomic mass is 10.1. The summed E-state index contributed by atoms with van der Waals surface area (Å²) in [7, 11) is 0. The third kappa shape index (κ3) is 2.81. The largest absolute Gasteiger partial charge is 0.457 e. The fraction of sp³-hybridized carbons (Fsp3) is 0.143. The second-order valence-corrected chi connectivity index (χ2v) is 4.32. The summed E-state index contributed by atoms with van der Waals surface area (Å²) in [5.41, 5.74) is 0.137. The summed E-state index contributed by atoms with van der Waals surface area (Å²) in [5, 5.41) is 10.1. The van der Waals surface area contributed by atoms with E-state index in [1.807, 2.05) is 0 Å². The van der Waals surface area contributed by atoms with E-state index >= 15 is 0 Å². The van der Waals surface area contributed by atoms with Crippen molar-refractivity contribution in [3.8, 4) is 11.5 Å². The number of aliphatic hydroxyl groups is 1. The Morgan fingerprint density at radius 2 is 1.94 bits per heavy atom. The molecule has 0 radical (unpaired) electrons. The van der Waals surface area contributed by atoms with Gasteiger partial charge in [-0.1, -0.05) is 23.7 Å². The molecule has 18 heavy (non-hydrogen) atoms. The van der Waals surface area contributed by atoms with Gasteiger partial charge in [0.1, 0.15) is 17.3 Å². The molecule has 2 nitrogen and oxygen atoms in total. The zero-order chi connectivity index (χ0) is 13.1. The second kappa shape index (κ2) is 5.38. The van der Waals surface area contributed by atoms with Gasteiger partial charge in [-0.05, 0) is 37.3 Å². The van der Waals surface area contributed by atoms with E-state index in [0.717, 1.165) is 0 Å². The Kier molecular flexibility index (Phi) is 3.84. The maximum Gasteiger partial charge on any atom is 0.136 e. The van der Waals surface area contributed by atoms with Gasteiger partial charge in [-0.15, -0.1) is 0 Å². The SMILES string of the molecule is CC(O)c1c(F)cccc1Oc1cccc(Cl)c1. The van der Waals surface area contributed by atoms with Gasteiger partial charge in [0.05, 0.1) is 11.7 Å². The molecule has 0 heterocycles. The molecule has 4 heteroatoms. The van der Waals surface area contributed by atoms with Crippen molar-refractivity contribution in [1.82, 2.24) is 0 Å². The van der Waals surface area contributed by atoms with Crippen LogP contribution in [0.5, 0.6) is 11.5 Å². The zero-order valence-corrected chi connectivity index (χ0v) is 10.5. The third-order valence-electron chi connectivity index (χ3n) is 2.45. The van der Waals surface area contributed by atoms with Crippen LogP contribution in [0.3, 0.4) is 0 Å². The molecule has 0 bridgehead atoms. The van der Waals surface area contributed by atoms with E-state index in [9.17, 15) is 9.50 Å². The van der Waals surface area contributed by atoms with Crippen LogP contribution in [-0.4, -0.2) is 5.11 Å². The van der Waals surface area contributed by atoms with Crippen molar-refractivity contribution in [1.29, 1.82) is 0 Å². The summed E-state index contributed by atoms with van der Waals surface area (Å²) in [5.74, 6) is 0.284. The molecular formula is C14H12ClFO2. The van der Waals surface area contributed by atoms with Crippen molar-refractivity contribution in [3.63, 3.8) is 0 Å². The van der Waals surface area contributed by atoms with E-state index in [0.29, 0.717) is 10.8 Å². The second-order valence-electron chi connectivity index (χ2n) is 3.89. The summed E-state index contributed by atoms with van der Waals surface area (Å²) < 4.78 is 19.2. The molecule has 0 aliphatic carbocycles. The fourth-order valence-electron chi connectivity index (χ4n) is 1.67. The fourth-order valence-corrected chi connectivity index (χ4v) is 1.85. The van der Waals surface area contributed by atoms with Gasteiger partial charge in [0.15, 0.2) is 0 Å². The molecule has 0 spiro atoms. The van der Waals surface area contributed by atoms with Crippen LogP contribution in [-0.2, 0) is 0 Å². The van der Waals surface area contributed by atoms with Crippen LogP contribution in [0.2, 0.25) is 5.02 Å². The van der Waals surface area contributed by atoms with E-state index in [-0.39, 0.29) is 11.3 Å². The van der Waals surface area contributed by atoms with E-state index in [1.54, 1.807) is 30.3 Å². The molecule has 0 fully saturated rings. The summed E-state index contributed by atoms with van der Waals surface area (Å²) in [6.07, 6.45) is -0.944. The summed E-state index contributed by atoms with van der Waals surface area (Å²) in [4.78, 5) is 0. The molecule has 0 saturated carbocycles. The Balaban J connectivity index is 2.37. The molecule has 1 atom stereocenters. The lowest BCUT2D eigenvalue weighted by Gasteiger charge is -2.13. The number of benzene rings is 2. The predicted octanol–water partition coefficient (Wildman–Crippen LogP) is 4.32. The highest BCUT2D eigenvalue weighted by Gasteiger charge is 2.15. The average molecular weight is 267 g/mol. The molecule has 1 N–H and O–H groups in total. The molecule has 0 amide bonds. The van der Waals surface area contributed by atoms with Crippen molar-refractivity contribution >= 4 is 11.6 Å². The first kappa shape index (κ1) is 12.9. The Bertz CT molecular complexity index is 555. The van der Waals surface area contributed by atoms with Crippen molar-refractivity contribution in [3.05, 3.63) is 58.9 Å². The minimum Gasteiger partial charge on any atom is -0.457 e. The number of rotatable bonds is 3. The maximum absolute atomic E-state index is 13.6. The van der Waals surface area contributed by atoms with Crippen LogP contribution >= 0.6 is 11.6 Å². The quantitative estimate of drug-likeness (QED) is 0.896. The zero-order valence-electron chi connectivity index (χ0n) is 9.73. The van der Waals surface area contributed by atoms with Gasteiger partial charge in [0.25, 0.3) is 0 Å². The van der Waals surface area contributed by atoms with Crippen molar-refractivity contribution in [2.45, 2.75) is 13.0 Å². The van der Waals surface area contributed by atoms with Gasteiger partial charge in [-0.2, -0.15) is 0 Å². The highest BCUT2D eigenvalue weighted by atomic mass is 35.5. The lowest BCUT2D eigenvalue weighted by Crippen LogP contribution is -1.99. The predicted molar refractivity (Wildman–Crippen MR) is 68.6 cm³/mol. The maximum atomic E-state index is 13.6. The highest BCUT2D eigenvalue weighted by Crippen LogP contribution is 2.32. The Labute approximate surface area is 110 Å². The Hall–Kier alpha value is -1.58. The van der Waals surface area contributed by atoms with Crippen LogP contribution in [0.1, 0.15) is 18.6 Å². The standard InChI is InChI=1S/C14H12ClFO2/c1-9(17)14-12(16)6-3-7-13(14)18-11-5-2-4-10(15)8-11/h2-9,17H,1H3. The first-order valence-electron chi connectivity index (χ1n) is 5.48. The number of halogens is 2. The topological polar surface area (TPSA) is 29.5 Å². The summed E-state index contributed by atoms with van der Waals surface area (Å²) >= 11 is 5.84. The molecule has 2 rings (SSSR count). The molecule has 2 aromatic rings. The minimum absolute atomic E-state index is 0.137. The molecule has 1 unspecified atom stereocenters. The van der Waals surface area contributed by atoms with Crippen LogP contribution in [0, 0.1) is 5.82 Å². The van der Waals surface area contributed by atoms with E-state index in [1.165, 1.54) is 19.1 Å². The monoisotopic (exact) mass is 266 g/mol. The van der Waals surface area contributed by atoms with Crippen LogP contribution in [0.25, 0.3) is 0 Å². The summed E-state index contributed by atoms with van der Waals surface area (Å²) in [6.45, 7) is 1.49. The average Bonchev–Trinajstić information content (AvgIpc) is 2.28. The van der Waals surface area contributed by atoms with E-state index in [4.69, 9.17) is 16.3 Å². The number of hydrogen-bond donors (Lipinski definition) is 1. The van der Waals surface area contributed by atoms with Gasteiger partial charge >= 0.3 is 0 Å². The van der Waals surface area contributed by atoms with Gasteiger partial charge in [-0.25, -0.2) is 4.39 Å². The van der Waals surface area contributed by atoms with Crippen LogP contribution in [0.4, 0.5) is 4.39 Å². The lowest BCUT2D eigenvalue weighted by molar-refractivity contribution is 0.190. The van der Waals surface area contributed by atoms with E-state index < -0.39 is 11.9 Å². The highest BCUT2D eigenvalue weighted by molar-refractivity contribution is 6.30. The molecule has 94 valence electrons. The minimum atomic E-state index is -0.944. The third-order valence-corrected chi connectivity index (χ3v) is 2.69. The smallest absolute Gasteiger partial charge is 0.136 e. The number of hydrogen-bond acceptors (Lipinski definition) is 2. The Morgan fingerprint density at radius 3 is 2.61 bits per heavy atom. The first-order chi connectivity index (χ1) is 8.58. The van der Waals surface area contributed by atoms with E-state index in [2.05, 4.69) is 0 Å². The number of ether oxygens (including phenoxy) is 1.